The van der Waals surface area contributed by atoms with Crippen LogP contribution in [0.3, 0.4) is 0 Å². The summed E-state index contributed by atoms with van der Waals surface area (Å²) in [6, 6.07) is 8.01. The van der Waals surface area contributed by atoms with Crippen LogP contribution in [-0.2, 0) is 11.3 Å². The second-order valence-corrected chi connectivity index (χ2v) is 5.38. The van der Waals surface area contributed by atoms with Gasteiger partial charge in [-0.3, -0.25) is 10.1 Å². The molecule has 0 spiro atoms. The number of aromatic nitrogens is 2. The smallest absolute Gasteiger partial charge is 0.230 e. The van der Waals surface area contributed by atoms with Gasteiger partial charge in [-0.25, -0.2) is 4.98 Å². The SMILES string of the molecule is CCCn1c(NC(=O)[C@H]2C[C@@H]2C)nc2ccccc21. The highest BCUT2D eigenvalue weighted by Gasteiger charge is 2.39. The molecular weight excluding hydrogens is 238 g/mol. The fraction of sp³-hybridized carbons (Fsp3) is 0.467. The van der Waals surface area contributed by atoms with Crippen molar-refractivity contribution in [3.8, 4) is 0 Å². The van der Waals surface area contributed by atoms with Gasteiger partial charge >= 0.3 is 0 Å². The normalized spacial score (nSPS) is 21.6. The molecule has 19 heavy (non-hydrogen) atoms. The van der Waals surface area contributed by atoms with E-state index in [2.05, 4.69) is 28.7 Å². The molecule has 1 aromatic carbocycles. The van der Waals surface area contributed by atoms with Gasteiger partial charge in [0, 0.05) is 12.5 Å². The van der Waals surface area contributed by atoms with Crippen LogP contribution < -0.4 is 5.32 Å². The third kappa shape index (κ3) is 2.23. The quantitative estimate of drug-likeness (QED) is 0.915. The van der Waals surface area contributed by atoms with Crippen molar-refractivity contribution in [2.75, 3.05) is 5.32 Å². The summed E-state index contributed by atoms with van der Waals surface area (Å²) >= 11 is 0. The molecule has 0 aliphatic heterocycles. The molecule has 100 valence electrons. The summed E-state index contributed by atoms with van der Waals surface area (Å²) in [4.78, 5) is 16.6. The van der Waals surface area contributed by atoms with Crippen LogP contribution >= 0.6 is 0 Å². The van der Waals surface area contributed by atoms with E-state index in [1.807, 2.05) is 24.3 Å². The first-order valence-corrected chi connectivity index (χ1v) is 6.97. The Morgan fingerprint density at radius 2 is 2.21 bits per heavy atom. The van der Waals surface area contributed by atoms with Gasteiger partial charge in [0.25, 0.3) is 0 Å². The Bertz CT molecular complexity index is 617. The van der Waals surface area contributed by atoms with Gasteiger partial charge in [0.15, 0.2) is 0 Å². The number of anilines is 1. The number of hydrogen-bond acceptors (Lipinski definition) is 2. The van der Waals surface area contributed by atoms with E-state index in [9.17, 15) is 4.79 Å². The molecule has 1 N–H and O–H groups in total. The summed E-state index contributed by atoms with van der Waals surface area (Å²) in [6.07, 6.45) is 2.02. The van der Waals surface area contributed by atoms with Crippen LogP contribution in [0, 0.1) is 11.8 Å². The summed E-state index contributed by atoms with van der Waals surface area (Å²) in [7, 11) is 0. The van der Waals surface area contributed by atoms with E-state index in [0.29, 0.717) is 11.9 Å². The summed E-state index contributed by atoms with van der Waals surface area (Å²) in [5.74, 6) is 1.49. The second-order valence-electron chi connectivity index (χ2n) is 5.38. The van der Waals surface area contributed by atoms with Crippen LogP contribution in [0.1, 0.15) is 26.7 Å². The molecule has 1 heterocycles. The Morgan fingerprint density at radius 3 is 2.89 bits per heavy atom. The summed E-state index contributed by atoms with van der Waals surface area (Å²) < 4.78 is 2.10. The van der Waals surface area contributed by atoms with E-state index >= 15 is 0 Å². The molecule has 1 aliphatic rings. The third-order valence-electron chi connectivity index (χ3n) is 3.78. The van der Waals surface area contributed by atoms with Gasteiger partial charge in [-0.15, -0.1) is 0 Å². The van der Waals surface area contributed by atoms with Gasteiger partial charge in [0.1, 0.15) is 0 Å². The lowest BCUT2D eigenvalue weighted by molar-refractivity contribution is -0.117. The van der Waals surface area contributed by atoms with E-state index in [0.717, 1.165) is 30.4 Å². The zero-order chi connectivity index (χ0) is 13.4. The van der Waals surface area contributed by atoms with E-state index in [1.54, 1.807) is 0 Å². The Kier molecular flexibility index (Phi) is 3.01. The van der Waals surface area contributed by atoms with E-state index in [4.69, 9.17) is 0 Å². The van der Waals surface area contributed by atoms with Crippen molar-refractivity contribution in [2.45, 2.75) is 33.2 Å². The van der Waals surface area contributed by atoms with Crippen LogP contribution in [-0.4, -0.2) is 15.5 Å². The van der Waals surface area contributed by atoms with Gasteiger partial charge in [-0.2, -0.15) is 0 Å². The number of rotatable bonds is 4. The minimum absolute atomic E-state index is 0.111. The van der Waals surface area contributed by atoms with Gasteiger partial charge in [-0.1, -0.05) is 26.0 Å². The van der Waals surface area contributed by atoms with Gasteiger partial charge < -0.3 is 4.57 Å². The third-order valence-corrected chi connectivity index (χ3v) is 3.78. The molecule has 4 nitrogen and oxygen atoms in total. The number of imidazole rings is 1. The van der Waals surface area contributed by atoms with Crippen LogP contribution in [0.5, 0.6) is 0 Å². The monoisotopic (exact) mass is 257 g/mol. The lowest BCUT2D eigenvalue weighted by atomic mass is 10.3. The van der Waals surface area contributed by atoms with Crippen molar-refractivity contribution in [3.63, 3.8) is 0 Å². The number of amides is 1. The fourth-order valence-electron chi connectivity index (χ4n) is 2.51. The Hall–Kier alpha value is -1.84. The molecule has 2 aromatic rings. The number of benzene rings is 1. The highest BCUT2D eigenvalue weighted by atomic mass is 16.2. The predicted molar refractivity (Wildman–Crippen MR) is 75.9 cm³/mol. The molecule has 1 fully saturated rings. The van der Waals surface area contributed by atoms with Gasteiger partial charge in [0.05, 0.1) is 11.0 Å². The predicted octanol–water partition coefficient (Wildman–Crippen LogP) is 3.04. The van der Waals surface area contributed by atoms with E-state index in [-0.39, 0.29) is 11.8 Å². The first-order valence-electron chi connectivity index (χ1n) is 6.97. The van der Waals surface area contributed by atoms with Crippen LogP contribution in [0.25, 0.3) is 11.0 Å². The maximum atomic E-state index is 12.1. The number of fused-ring (bicyclic) bond motifs is 1. The highest BCUT2D eigenvalue weighted by Crippen LogP contribution is 2.38. The molecule has 1 aromatic heterocycles. The lowest BCUT2D eigenvalue weighted by Gasteiger charge is -2.08. The molecule has 1 aliphatic carbocycles. The summed E-state index contributed by atoms with van der Waals surface area (Å²) in [5.41, 5.74) is 2.03. The molecule has 0 bridgehead atoms. The highest BCUT2D eigenvalue weighted by molar-refractivity contribution is 5.94. The topological polar surface area (TPSA) is 46.9 Å². The maximum absolute atomic E-state index is 12.1. The number of nitrogens with one attached hydrogen (secondary N) is 1. The number of carbonyl (C=O) groups excluding carboxylic acids is 1. The standard InChI is InChI=1S/C15H19N3O/c1-3-8-18-13-7-5-4-6-12(13)16-15(18)17-14(19)11-9-10(11)2/h4-7,10-11H,3,8-9H2,1-2H3,(H,16,17,19)/t10-,11-/m0/s1. The largest absolute Gasteiger partial charge is 0.310 e. The molecule has 3 rings (SSSR count). The minimum atomic E-state index is 0.111. The zero-order valence-electron chi connectivity index (χ0n) is 11.4. The van der Waals surface area contributed by atoms with Crippen LogP contribution in [0.2, 0.25) is 0 Å². The Morgan fingerprint density at radius 1 is 1.47 bits per heavy atom. The number of aryl methyl sites for hydroxylation is 1. The molecule has 1 amide bonds. The molecule has 4 heteroatoms. The van der Waals surface area contributed by atoms with Crippen molar-refractivity contribution in [1.29, 1.82) is 0 Å². The summed E-state index contributed by atoms with van der Waals surface area (Å²) in [6.45, 7) is 5.11. The lowest BCUT2D eigenvalue weighted by Crippen LogP contribution is -2.18. The van der Waals surface area contributed by atoms with Crippen molar-refractivity contribution in [1.82, 2.24) is 9.55 Å². The first-order chi connectivity index (χ1) is 9.20. The summed E-state index contributed by atoms with van der Waals surface area (Å²) in [5, 5.41) is 2.99. The molecule has 2 atom stereocenters. The number of para-hydroxylation sites is 2. The number of carbonyl (C=O) groups is 1. The van der Waals surface area contributed by atoms with Crippen molar-refractivity contribution in [3.05, 3.63) is 24.3 Å². The van der Waals surface area contributed by atoms with Crippen molar-refractivity contribution in [2.24, 2.45) is 11.8 Å². The molecular formula is C15H19N3O. The van der Waals surface area contributed by atoms with Gasteiger partial charge in [0.2, 0.25) is 11.9 Å². The average Bonchev–Trinajstić information content (AvgIpc) is 3.04. The second kappa shape index (κ2) is 4.68. The van der Waals surface area contributed by atoms with Crippen molar-refractivity contribution < 1.29 is 4.79 Å². The minimum Gasteiger partial charge on any atom is -0.310 e. The Labute approximate surface area is 112 Å². The fourth-order valence-corrected chi connectivity index (χ4v) is 2.51. The molecule has 0 unspecified atom stereocenters. The molecule has 1 saturated carbocycles. The van der Waals surface area contributed by atoms with Crippen molar-refractivity contribution >= 4 is 22.9 Å². The zero-order valence-corrected chi connectivity index (χ0v) is 11.4. The maximum Gasteiger partial charge on any atom is 0.230 e. The number of hydrogen-bond donors (Lipinski definition) is 1. The van der Waals surface area contributed by atoms with Crippen LogP contribution in [0.4, 0.5) is 5.95 Å². The van der Waals surface area contributed by atoms with E-state index in [1.165, 1.54) is 0 Å². The average molecular weight is 257 g/mol. The molecule has 0 saturated heterocycles. The first kappa shape index (κ1) is 12.2. The Balaban J connectivity index is 1.93. The number of nitrogens with zero attached hydrogens (tertiary/aromatic N) is 2. The van der Waals surface area contributed by atoms with Gasteiger partial charge in [-0.05, 0) is 30.9 Å². The van der Waals surface area contributed by atoms with Crippen LogP contribution in [0.15, 0.2) is 24.3 Å². The van der Waals surface area contributed by atoms with E-state index < -0.39 is 0 Å². The molecule has 0 radical (unpaired) electrons.